The molecule has 1 saturated carbocycles. The molecule has 1 aliphatic carbocycles. The Labute approximate surface area is 104 Å². The highest BCUT2D eigenvalue weighted by Gasteiger charge is 2.38. The normalized spacial score (nSPS) is 30.8. The number of hydrogen-bond acceptors (Lipinski definition) is 3. The zero-order valence-corrected chi connectivity index (χ0v) is 10.7. The second-order valence-electron chi connectivity index (χ2n) is 4.85. The van der Waals surface area contributed by atoms with E-state index in [0.717, 1.165) is 19.0 Å². The summed E-state index contributed by atoms with van der Waals surface area (Å²) in [4.78, 5) is 11.6. The van der Waals surface area contributed by atoms with Crippen LogP contribution in [0.3, 0.4) is 0 Å². The van der Waals surface area contributed by atoms with E-state index in [1.807, 2.05) is 0 Å². The van der Waals surface area contributed by atoms with Crippen molar-refractivity contribution in [3.63, 3.8) is 0 Å². The molecule has 16 heavy (non-hydrogen) atoms. The molecule has 0 aromatic carbocycles. The van der Waals surface area contributed by atoms with Gasteiger partial charge in [-0.2, -0.15) is 0 Å². The molecule has 1 aliphatic heterocycles. The molecule has 2 atom stereocenters. The number of methoxy groups -OCH3 is 1. The molecule has 0 amide bonds. The molecular weight excluding hydrogens is 226 g/mol. The van der Waals surface area contributed by atoms with Crippen LogP contribution in [0.15, 0.2) is 0 Å². The van der Waals surface area contributed by atoms with Gasteiger partial charge in [0.25, 0.3) is 0 Å². The summed E-state index contributed by atoms with van der Waals surface area (Å²) in [5, 5.41) is 3.33. The summed E-state index contributed by atoms with van der Waals surface area (Å²) in [6, 6.07) is 0. The van der Waals surface area contributed by atoms with Gasteiger partial charge in [-0.05, 0) is 18.4 Å². The van der Waals surface area contributed by atoms with Gasteiger partial charge in [-0.15, -0.1) is 12.4 Å². The second kappa shape index (κ2) is 6.45. The highest BCUT2D eigenvalue weighted by atomic mass is 35.5. The number of esters is 1. The van der Waals surface area contributed by atoms with E-state index in [1.165, 1.54) is 39.2 Å². The lowest BCUT2D eigenvalue weighted by molar-refractivity contribution is -0.146. The summed E-state index contributed by atoms with van der Waals surface area (Å²) in [7, 11) is 1.50. The summed E-state index contributed by atoms with van der Waals surface area (Å²) in [6.07, 6.45) is 6.67. The minimum absolute atomic E-state index is 0. The van der Waals surface area contributed by atoms with Gasteiger partial charge >= 0.3 is 5.97 Å². The molecule has 0 radical (unpaired) electrons. The number of rotatable bonds is 2. The Bertz CT molecular complexity index is 229. The van der Waals surface area contributed by atoms with Crippen molar-refractivity contribution in [2.75, 3.05) is 20.2 Å². The van der Waals surface area contributed by atoms with E-state index in [0.29, 0.717) is 5.92 Å². The second-order valence-corrected chi connectivity index (χ2v) is 4.85. The van der Waals surface area contributed by atoms with Crippen LogP contribution in [-0.4, -0.2) is 26.2 Å². The highest BCUT2D eigenvalue weighted by molar-refractivity contribution is 5.85. The Morgan fingerprint density at radius 3 is 2.50 bits per heavy atom. The minimum atomic E-state index is -0.0180. The van der Waals surface area contributed by atoms with Crippen LogP contribution in [0, 0.1) is 17.8 Å². The van der Waals surface area contributed by atoms with Gasteiger partial charge in [-0.3, -0.25) is 4.79 Å². The quantitative estimate of drug-likeness (QED) is 0.759. The molecule has 0 unspecified atom stereocenters. The van der Waals surface area contributed by atoms with Crippen molar-refractivity contribution in [2.24, 2.45) is 17.8 Å². The Morgan fingerprint density at radius 1 is 1.19 bits per heavy atom. The van der Waals surface area contributed by atoms with E-state index in [9.17, 15) is 4.79 Å². The van der Waals surface area contributed by atoms with E-state index in [4.69, 9.17) is 4.74 Å². The van der Waals surface area contributed by atoms with Crippen LogP contribution in [0.4, 0.5) is 0 Å². The molecule has 2 fully saturated rings. The molecule has 2 aliphatic rings. The molecular formula is C12H22ClNO2. The van der Waals surface area contributed by atoms with Gasteiger partial charge in [0.05, 0.1) is 13.0 Å². The standard InChI is InChI=1S/C12H21NO2.ClH/c1-15-12(14)11-8-13-7-10(11)9-5-3-2-4-6-9;/h9-11,13H,2-8H2,1H3;1H/t10-,11+;/m0./s1. The lowest BCUT2D eigenvalue weighted by atomic mass is 9.75. The van der Waals surface area contributed by atoms with Crippen molar-refractivity contribution >= 4 is 18.4 Å². The third-order valence-corrected chi connectivity index (χ3v) is 4.02. The summed E-state index contributed by atoms with van der Waals surface area (Å²) >= 11 is 0. The van der Waals surface area contributed by atoms with E-state index >= 15 is 0 Å². The van der Waals surface area contributed by atoms with Crippen LogP contribution < -0.4 is 5.32 Å². The molecule has 3 nitrogen and oxygen atoms in total. The van der Waals surface area contributed by atoms with Crippen LogP contribution in [-0.2, 0) is 9.53 Å². The predicted molar refractivity (Wildman–Crippen MR) is 65.7 cm³/mol. The van der Waals surface area contributed by atoms with E-state index in [1.54, 1.807) is 0 Å². The SMILES string of the molecule is COC(=O)[C@@H]1CNC[C@H]1C1CCCCC1.Cl. The summed E-state index contributed by atoms with van der Waals surface area (Å²) in [6.45, 7) is 1.82. The number of carbonyl (C=O) groups is 1. The van der Waals surface area contributed by atoms with Crippen LogP contribution in [0.2, 0.25) is 0 Å². The average Bonchev–Trinajstić information content (AvgIpc) is 2.78. The number of nitrogens with one attached hydrogen (secondary N) is 1. The number of ether oxygens (including phenoxy) is 1. The van der Waals surface area contributed by atoms with E-state index in [-0.39, 0.29) is 24.3 Å². The zero-order chi connectivity index (χ0) is 10.7. The first-order valence-electron chi connectivity index (χ1n) is 6.11. The first kappa shape index (κ1) is 13.8. The fraction of sp³-hybridized carbons (Fsp3) is 0.917. The minimum Gasteiger partial charge on any atom is -0.469 e. The van der Waals surface area contributed by atoms with Crippen molar-refractivity contribution in [3.05, 3.63) is 0 Å². The lowest BCUT2D eigenvalue weighted by Gasteiger charge is -2.29. The molecule has 0 spiro atoms. The Balaban J connectivity index is 0.00000128. The Morgan fingerprint density at radius 2 is 1.88 bits per heavy atom. The number of halogens is 1. The fourth-order valence-electron chi connectivity index (χ4n) is 3.17. The molecule has 1 N–H and O–H groups in total. The molecule has 2 rings (SSSR count). The highest BCUT2D eigenvalue weighted by Crippen LogP contribution is 2.36. The van der Waals surface area contributed by atoms with Crippen LogP contribution in [0.1, 0.15) is 32.1 Å². The van der Waals surface area contributed by atoms with Gasteiger partial charge < -0.3 is 10.1 Å². The maximum atomic E-state index is 11.6. The van der Waals surface area contributed by atoms with E-state index < -0.39 is 0 Å². The van der Waals surface area contributed by atoms with Gasteiger partial charge in [-0.25, -0.2) is 0 Å². The van der Waals surface area contributed by atoms with Crippen molar-refractivity contribution in [3.8, 4) is 0 Å². The Hall–Kier alpha value is -0.280. The lowest BCUT2D eigenvalue weighted by Crippen LogP contribution is -2.30. The molecule has 0 aromatic rings. The Kier molecular flexibility index (Phi) is 5.56. The van der Waals surface area contributed by atoms with E-state index in [2.05, 4.69) is 5.32 Å². The summed E-state index contributed by atoms with van der Waals surface area (Å²) in [5.41, 5.74) is 0. The molecule has 1 heterocycles. The van der Waals surface area contributed by atoms with Crippen molar-refractivity contribution in [1.82, 2.24) is 5.32 Å². The first-order valence-corrected chi connectivity index (χ1v) is 6.11. The predicted octanol–water partition coefficient (Wildman–Crippen LogP) is 2.00. The number of hydrogen-bond donors (Lipinski definition) is 1. The smallest absolute Gasteiger partial charge is 0.310 e. The summed E-state index contributed by atoms with van der Waals surface area (Å²) < 4.78 is 4.88. The maximum Gasteiger partial charge on any atom is 0.310 e. The zero-order valence-electron chi connectivity index (χ0n) is 9.91. The molecule has 0 aromatic heterocycles. The van der Waals surface area contributed by atoms with Crippen LogP contribution >= 0.6 is 12.4 Å². The van der Waals surface area contributed by atoms with Gasteiger partial charge in [-0.1, -0.05) is 32.1 Å². The fourth-order valence-corrected chi connectivity index (χ4v) is 3.17. The molecule has 0 bridgehead atoms. The van der Waals surface area contributed by atoms with Gasteiger partial charge in [0.1, 0.15) is 0 Å². The van der Waals surface area contributed by atoms with Crippen molar-refractivity contribution in [1.29, 1.82) is 0 Å². The average molecular weight is 248 g/mol. The van der Waals surface area contributed by atoms with Crippen LogP contribution in [0.25, 0.3) is 0 Å². The first-order chi connectivity index (χ1) is 7.33. The molecule has 1 saturated heterocycles. The van der Waals surface area contributed by atoms with Gasteiger partial charge in [0.2, 0.25) is 0 Å². The van der Waals surface area contributed by atoms with Crippen LogP contribution in [0.5, 0.6) is 0 Å². The third kappa shape index (κ3) is 2.89. The number of carbonyl (C=O) groups excluding carboxylic acids is 1. The van der Waals surface area contributed by atoms with Gasteiger partial charge in [0.15, 0.2) is 0 Å². The summed E-state index contributed by atoms with van der Waals surface area (Å²) in [5.74, 6) is 1.37. The monoisotopic (exact) mass is 247 g/mol. The van der Waals surface area contributed by atoms with Gasteiger partial charge in [0, 0.05) is 6.54 Å². The maximum absolute atomic E-state index is 11.6. The largest absolute Gasteiger partial charge is 0.469 e. The molecule has 4 heteroatoms. The third-order valence-electron chi connectivity index (χ3n) is 4.02. The topological polar surface area (TPSA) is 38.3 Å². The molecule has 94 valence electrons. The van der Waals surface area contributed by atoms with Crippen molar-refractivity contribution < 1.29 is 9.53 Å². The van der Waals surface area contributed by atoms with Crippen molar-refractivity contribution in [2.45, 2.75) is 32.1 Å².